The molecule has 0 radical (unpaired) electrons. The van der Waals surface area contributed by atoms with Crippen LogP contribution in [-0.2, 0) is 0 Å². The van der Waals surface area contributed by atoms with Gasteiger partial charge in [-0.3, -0.25) is 4.98 Å². The van der Waals surface area contributed by atoms with Crippen molar-refractivity contribution in [2.45, 2.75) is 0 Å². The summed E-state index contributed by atoms with van der Waals surface area (Å²) in [7, 11) is 0. The summed E-state index contributed by atoms with van der Waals surface area (Å²) in [6, 6.07) is 6.94. The molecule has 1 aromatic heterocycles. The van der Waals surface area contributed by atoms with Gasteiger partial charge in [0.05, 0.1) is 16.7 Å². The molecule has 0 aliphatic heterocycles. The number of carboxylic acids is 1. The van der Waals surface area contributed by atoms with Crippen molar-refractivity contribution in [2.24, 2.45) is 0 Å². The number of aromatic carboxylic acids is 1. The number of aromatic nitrogens is 1. The van der Waals surface area contributed by atoms with Crippen LogP contribution >= 0.6 is 23.2 Å². The van der Waals surface area contributed by atoms with E-state index in [1.807, 2.05) is 0 Å². The van der Waals surface area contributed by atoms with Gasteiger partial charge in [0.25, 0.3) is 0 Å². The largest absolute Gasteiger partial charge is 0.485 e. The van der Waals surface area contributed by atoms with Crippen molar-refractivity contribution < 1.29 is 14.6 Å². The highest BCUT2D eigenvalue weighted by atomic mass is 35.5. The van der Waals surface area contributed by atoms with Gasteiger partial charge in [0.15, 0.2) is 5.75 Å². The van der Waals surface area contributed by atoms with Gasteiger partial charge in [-0.1, -0.05) is 41.4 Å². The molecule has 0 atom stereocenters. The van der Waals surface area contributed by atoms with Crippen LogP contribution in [0.3, 0.4) is 0 Å². The summed E-state index contributed by atoms with van der Waals surface area (Å²) in [5, 5.41) is 10.1. The van der Waals surface area contributed by atoms with Gasteiger partial charge >= 0.3 is 5.97 Å². The number of carbonyl (C=O) groups is 1. The van der Waals surface area contributed by atoms with E-state index in [1.165, 1.54) is 6.20 Å². The Hall–Kier alpha value is -1.78. The SMILES string of the molecule is O=C(O)c1c(OCC(Cl)=CCl)cnc2ccccc12. The number of para-hydroxylation sites is 1. The number of hydrogen-bond donors (Lipinski definition) is 1. The summed E-state index contributed by atoms with van der Waals surface area (Å²) in [4.78, 5) is 15.5. The third-order valence-electron chi connectivity index (χ3n) is 2.44. The molecule has 0 saturated carbocycles. The van der Waals surface area contributed by atoms with Crippen molar-refractivity contribution in [1.29, 1.82) is 0 Å². The molecule has 0 saturated heterocycles. The second-order valence-corrected chi connectivity index (χ2v) is 4.37. The lowest BCUT2D eigenvalue weighted by Crippen LogP contribution is -2.06. The highest BCUT2D eigenvalue weighted by molar-refractivity contribution is 6.36. The fraction of sp³-hybridized carbons (Fsp3) is 0.0769. The Balaban J connectivity index is 2.49. The van der Waals surface area contributed by atoms with Crippen LogP contribution in [0.2, 0.25) is 0 Å². The standard InChI is InChI=1S/C13H9Cl2NO3/c14-5-8(15)7-19-11-6-16-10-4-2-1-3-9(10)12(11)13(17)18/h1-6H,7H2,(H,17,18). The lowest BCUT2D eigenvalue weighted by atomic mass is 10.1. The van der Waals surface area contributed by atoms with Crippen molar-refractivity contribution in [3.8, 4) is 5.75 Å². The summed E-state index contributed by atoms with van der Waals surface area (Å²) in [6.07, 6.45) is 1.37. The topological polar surface area (TPSA) is 59.4 Å². The Morgan fingerprint density at radius 2 is 2.16 bits per heavy atom. The van der Waals surface area contributed by atoms with E-state index in [1.54, 1.807) is 24.3 Å². The molecular formula is C13H9Cl2NO3. The average Bonchev–Trinajstić information content (AvgIpc) is 2.43. The zero-order chi connectivity index (χ0) is 13.8. The molecular weight excluding hydrogens is 289 g/mol. The molecule has 0 amide bonds. The van der Waals surface area contributed by atoms with E-state index < -0.39 is 5.97 Å². The van der Waals surface area contributed by atoms with E-state index in [0.717, 1.165) is 5.54 Å². The molecule has 98 valence electrons. The fourth-order valence-corrected chi connectivity index (χ4v) is 1.75. The molecule has 0 bridgehead atoms. The first kappa shape index (κ1) is 13.6. The molecule has 0 unspecified atom stereocenters. The van der Waals surface area contributed by atoms with E-state index in [-0.39, 0.29) is 23.0 Å². The van der Waals surface area contributed by atoms with Crippen LogP contribution in [0, 0.1) is 0 Å². The zero-order valence-electron chi connectivity index (χ0n) is 9.64. The number of hydrogen-bond acceptors (Lipinski definition) is 3. The summed E-state index contributed by atoms with van der Waals surface area (Å²) < 4.78 is 5.33. The zero-order valence-corrected chi connectivity index (χ0v) is 11.1. The quantitative estimate of drug-likeness (QED) is 0.936. The van der Waals surface area contributed by atoms with Crippen molar-refractivity contribution in [3.63, 3.8) is 0 Å². The van der Waals surface area contributed by atoms with E-state index in [9.17, 15) is 9.90 Å². The molecule has 0 fully saturated rings. The van der Waals surface area contributed by atoms with Gasteiger partial charge in [-0.05, 0) is 6.07 Å². The highest BCUT2D eigenvalue weighted by Crippen LogP contribution is 2.26. The van der Waals surface area contributed by atoms with E-state index in [4.69, 9.17) is 27.9 Å². The number of nitrogens with zero attached hydrogens (tertiary/aromatic N) is 1. The maximum atomic E-state index is 11.4. The van der Waals surface area contributed by atoms with Gasteiger partial charge in [0.2, 0.25) is 0 Å². The van der Waals surface area contributed by atoms with Crippen LogP contribution in [0.15, 0.2) is 41.0 Å². The van der Waals surface area contributed by atoms with Crippen LogP contribution in [0.1, 0.15) is 10.4 Å². The minimum Gasteiger partial charge on any atom is -0.485 e. The number of pyridine rings is 1. The van der Waals surface area contributed by atoms with Gasteiger partial charge in [-0.25, -0.2) is 4.79 Å². The predicted molar refractivity (Wildman–Crippen MR) is 74.0 cm³/mol. The Kier molecular flexibility index (Phi) is 4.24. The third kappa shape index (κ3) is 2.97. The Bertz CT molecular complexity index is 655. The first-order valence-corrected chi connectivity index (χ1v) is 6.13. The molecule has 6 heteroatoms. The summed E-state index contributed by atoms with van der Waals surface area (Å²) in [5.41, 5.74) is 1.81. The van der Waals surface area contributed by atoms with Gasteiger partial charge < -0.3 is 9.84 Å². The van der Waals surface area contributed by atoms with Gasteiger partial charge in [0.1, 0.15) is 12.2 Å². The summed E-state index contributed by atoms with van der Waals surface area (Å²) in [5.74, 6) is -0.928. The lowest BCUT2D eigenvalue weighted by Gasteiger charge is -2.10. The van der Waals surface area contributed by atoms with Gasteiger partial charge in [-0.2, -0.15) is 0 Å². The monoisotopic (exact) mass is 297 g/mol. The fourth-order valence-electron chi connectivity index (χ4n) is 1.63. The Morgan fingerprint density at radius 3 is 2.84 bits per heavy atom. The van der Waals surface area contributed by atoms with Crippen LogP contribution in [0.25, 0.3) is 10.9 Å². The Morgan fingerprint density at radius 1 is 1.42 bits per heavy atom. The summed E-state index contributed by atoms with van der Waals surface area (Å²) >= 11 is 11.1. The Labute approximate surface area is 119 Å². The average molecular weight is 298 g/mol. The third-order valence-corrected chi connectivity index (χ3v) is 3.03. The molecule has 0 spiro atoms. The molecule has 2 aromatic rings. The van der Waals surface area contributed by atoms with Crippen LogP contribution in [-0.4, -0.2) is 22.7 Å². The van der Waals surface area contributed by atoms with Crippen molar-refractivity contribution in [2.75, 3.05) is 6.61 Å². The van der Waals surface area contributed by atoms with Crippen LogP contribution in [0.4, 0.5) is 0 Å². The van der Waals surface area contributed by atoms with Crippen molar-refractivity contribution in [3.05, 3.63) is 46.6 Å². The molecule has 19 heavy (non-hydrogen) atoms. The second kappa shape index (κ2) is 5.91. The van der Waals surface area contributed by atoms with E-state index >= 15 is 0 Å². The number of rotatable bonds is 4. The van der Waals surface area contributed by atoms with Crippen LogP contribution < -0.4 is 4.74 Å². The van der Waals surface area contributed by atoms with E-state index in [0.29, 0.717) is 10.9 Å². The molecule has 4 nitrogen and oxygen atoms in total. The van der Waals surface area contributed by atoms with Gasteiger partial charge in [-0.15, -0.1) is 0 Å². The first-order chi connectivity index (χ1) is 9.13. The molecule has 1 aromatic carbocycles. The highest BCUT2D eigenvalue weighted by Gasteiger charge is 2.16. The molecule has 0 aliphatic carbocycles. The summed E-state index contributed by atoms with van der Waals surface area (Å²) in [6.45, 7) is -0.00858. The number of fused-ring (bicyclic) bond motifs is 1. The minimum atomic E-state index is -1.08. The number of carboxylic acid groups (broad SMARTS) is 1. The van der Waals surface area contributed by atoms with E-state index in [2.05, 4.69) is 4.98 Å². The van der Waals surface area contributed by atoms with Crippen molar-refractivity contribution in [1.82, 2.24) is 4.98 Å². The minimum absolute atomic E-state index is 0.00858. The molecule has 1 heterocycles. The number of benzene rings is 1. The molecule has 2 rings (SSSR count). The number of halogens is 2. The van der Waals surface area contributed by atoms with Gasteiger partial charge in [0, 0.05) is 10.9 Å². The maximum Gasteiger partial charge on any atom is 0.340 e. The normalized spacial score (nSPS) is 11.6. The lowest BCUT2D eigenvalue weighted by molar-refractivity contribution is 0.0695. The first-order valence-electron chi connectivity index (χ1n) is 5.32. The number of ether oxygens (including phenoxy) is 1. The molecule has 1 N–H and O–H groups in total. The van der Waals surface area contributed by atoms with Crippen molar-refractivity contribution >= 4 is 40.1 Å². The smallest absolute Gasteiger partial charge is 0.340 e. The van der Waals surface area contributed by atoms with Crippen LogP contribution in [0.5, 0.6) is 5.75 Å². The maximum absolute atomic E-state index is 11.4. The molecule has 0 aliphatic rings. The predicted octanol–water partition coefficient (Wildman–Crippen LogP) is 3.63. The second-order valence-electron chi connectivity index (χ2n) is 3.66.